The first-order chi connectivity index (χ1) is 21.6. The number of carbonyl (C=O) groups is 2. The second kappa shape index (κ2) is 13.3. The second-order valence-corrected chi connectivity index (χ2v) is 10.7. The summed E-state index contributed by atoms with van der Waals surface area (Å²) in [6.45, 7) is 0.335. The van der Waals surface area contributed by atoms with Crippen LogP contribution >= 0.6 is 0 Å². The number of aromatic hydroxyl groups is 3. The largest absolute Gasteiger partial charge is 0.507 e. The monoisotopic (exact) mass is 652 g/mol. The van der Waals surface area contributed by atoms with Gasteiger partial charge in [0.05, 0.1) is 32.7 Å². The summed E-state index contributed by atoms with van der Waals surface area (Å²) >= 11 is 0. The standard InChI is InChI=1S/C29H32O17/c1-29(40,8-17(33)34)9-18(35)43-10-16-20(36)22(38)23(39)28(44-16)46-27-21(37)19-13(31)7-14(32)25(42-3)26(19)45-24(27)11-4-5-12(30)15(6-11)41-2/h4-7,16,20,22-23,28,30-32,36,38-40H,8-10H2,1-3H3,(H,33,34)/t16-,20-,22+,23-,28+,29?/m1/s1. The van der Waals surface area contributed by atoms with Gasteiger partial charge in [-0.15, -0.1) is 0 Å². The van der Waals surface area contributed by atoms with Crippen LogP contribution in [0.15, 0.2) is 33.5 Å². The predicted molar refractivity (Wildman–Crippen MR) is 152 cm³/mol. The number of carboxylic acid groups (broad SMARTS) is 1. The van der Waals surface area contributed by atoms with Gasteiger partial charge in [-0.2, -0.15) is 0 Å². The van der Waals surface area contributed by atoms with Gasteiger partial charge in [-0.05, 0) is 25.1 Å². The third kappa shape index (κ3) is 6.87. The van der Waals surface area contributed by atoms with Gasteiger partial charge in [-0.1, -0.05) is 0 Å². The average molecular weight is 653 g/mol. The van der Waals surface area contributed by atoms with E-state index in [-0.39, 0.29) is 22.8 Å². The van der Waals surface area contributed by atoms with E-state index in [1.807, 2.05) is 0 Å². The number of phenolic OH excluding ortho intramolecular Hbond substituents is 3. The summed E-state index contributed by atoms with van der Waals surface area (Å²) < 4.78 is 32.5. The summed E-state index contributed by atoms with van der Waals surface area (Å²) in [7, 11) is 2.42. The first kappa shape index (κ1) is 34.1. The fourth-order valence-electron chi connectivity index (χ4n) is 4.80. The minimum atomic E-state index is -2.02. The number of fused-ring (bicyclic) bond motifs is 1. The molecule has 17 nitrogen and oxygen atoms in total. The Balaban J connectivity index is 1.73. The van der Waals surface area contributed by atoms with E-state index in [9.17, 15) is 50.1 Å². The Morgan fingerprint density at radius 3 is 2.24 bits per heavy atom. The van der Waals surface area contributed by atoms with Crippen molar-refractivity contribution in [3.8, 4) is 45.8 Å². The van der Waals surface area contributed by atoms with Gasteiger partial charge in [0.25, 0.3) is 0 Å². The van der Waals surface area contributed by atoms with Gasteiger partial charge >= 0.3 is 11.9 Å². The maximum atomic E-state index is 13.8. The van der Waals surface area contributed by atoms with E-state index in [0.717, 1.165) is 20.1 Å². The summed E-state index contributed by atoms with van der Waals surface area (Å²) in [5.74, 6) is -5.56. The molecule has 1 fully saturated rings. The molecule has 0 spiro atoms. The Bertz CT molecular complexity index is 1680. The third-order valence-corrected chi connectivity index (χ3v) is 7.05. The van der Waals surface area contributed by atoms with E-state index in [1.54, 1.807) is 0 Å². The zero-order valence-electron chi connectivity index (χ0n) is 24.6. The number of aliphatic hydroxyl groups is 4. The van der Waals surface area contributed by atoms with E-state index >= 15 is 0 Å². The molecule has 4 rings (SSSR count). The highest BCUT2D eigenvalue weighted by Gasteiger charge is 2.46. The molecule has 2 aromatic carbocycles. The highest BCUT2D eigenvalue weighted by Crippen LogP contribution is 2.44. The molecule has 0 bridgehead atoms. The van der Waals surface area contributed by atoms with Crippen molar-refractivity contribution in [2.75, 3.05) is 20.8 Å². The molecule has 1 unspecified atom stereocenters. The Kier molecular flexibility index (Phi) is 9.83. The fraction of sp³-hybridized carbons (Fsp3) is 0.414. The summed E-state index contributed by atoms with van der Waals surface area (Å²) in [6.07, 6.45) is -10.9. The van der Waals surface area contributed by atoms with Crippen LogP contribution in [0.3, 0.4) is 0 Å². The van der Waals surface area contributed by atoms with Gasteiger partial charge in [0.2, 0.25) is 23.2 Å². The SMILES string of the molecule is COc1cc(-c2oc3c(OC)c(O)cc(O)c3c(=O)c2O[C@@H]2O[C@H](COC(=O)CC(C)(O)CC(=O)O)[C@@H](O)[C@H](O)[C@H]2O)ccc1O. The van der Waals surface area contributed by atoms with Crippen LogP contribution in [0.2, 0.25) is 0 Å². The number of esters is 1. The summed E-state index contributed by atoms with van der Waals surface area (Å²) in [4.78, 5) is 37.0. The molecule has 1 aliphatic rings. The van der Waals surface area contributed by atoms with Crippen molar-refractivity contribution in [1.29, 1.82) is 0 Å². The highest BCUT2D eigenvalue weighted by molar-refractivity contribution is 5.93. The number of aliphatic carboxylic acids is 1. The summed E-state index contributed by atoms with van der Waals surface area (Å²) in [6, 6.07) is 4.56. The van der Waals surface area contributed by atoms with E-state index in [0.29, 0.717) is 0 Å². The lowest BCUT2D eigenvalue weighted by atomic mass is 9.98. The van der Waals surface area contributed by atoms with Crippen molar-refractivity contribution in [3.63, 3.8) is 0 Å². The maximum Gasteiger partial charge on any atom is 0.308 e. The molecule has 8 N–H and O–H groups in total. The van der Waals surface area contributed by atoms with Gasteiger partial charge in [0.1, 0.15) is 42.2 Å². The number of hydrogen-bond acceptors (Lipinski definition) is 16. The van der Waals surface area contributed by atoms with Crippen LogP contribution in [0.1, 0.15) is 19.8 Å². The van der Waals surface area contributed by atoms with Crippen molar-refractivity contribution in [2.24, 2.45) is 0 Å². The molecule has 0 radical (unpaired) electrons. The number of carboxylic acids is 1. The second-order valence-electron chi connectivity index (χ2n) is 10.7. The molecule has 0 saturated carbocycles. The Hall–Kier alpha value is -4.81. The van der Waals surface area contributed by atoms with E-state index in [4.69, 9.17) is 33.2 Å². The zero-order chi connectivity index (χ0) is 34.1. The number of carbonyl (C=O) groups excluding carboxylic acids is 1. The quantitative estimate of drug-likeness (QED) is 0.126. The number of hydrogen-bond donors (Lipinski definition) is 8. The van der Waals surface area contributed by atoms with Crippen LogP contribution in [-0.2, 0) is 19.1 Å². The number of rotatable bonds is 11. The molecule has 1 aromatic heterocycles. The minimum Gasteiger partial charge on any atom is -0.507 e. The third-order valence-electron chi connectivity index (χ3n) is 7.05. The molecule has 1 aliphatic heterocycles. The molecular formula is C29H32O17. The summed E-state index contributed by atoms with van der Waals surface area (Å²) in [5.41, 5.74) is -3.40. The topological polar surface area (TPSA) is 272 Å². The van der Waals surface area contributed by atoms with Gasteiger partial charge < -0.3 is 69.0 Å². The zero-order valence-corrected chi connectivity index (χ0v) is 24.6. The minimum absolute atomic E-state index is 0.0401. The number of benzene rings is 2. The van der Waals surface area contributed by atoms with Crippen LogP contribution in [-0.4, -0.2) is 110 Å². The first-order valence-corrected chi connectivity index (χ1v) is 13.5. The molecule has 6 atom stereocenters. The van der Waals surface area contributed by atoms with Crippen LogP contribution < -0.4 is 19.6 Å². The molecule has 46 heavy (non-hydrogen) atoms. The fourth-order valence-corrected chi connectivity index (χ4v) is 4.80. The van der Waals surface area contributed by atoms with Crippen molar-refractivity contribution in [3.05, 3.63) is 34.5 Å². The smallest absolute Gasteiger partial charge is 0.308 e. The molecule has 1 saturated heterocycles. The maximum absolute atomic E-state index is 13.8. The van der Waals surface area contributed by atoms with Gasteiger partial charge in [0.15, 0.2) is 28.6 Å². The number of methoxy groups -OCH3 is 2. The normalized spacial score (nSPS) is 22.5. The Morgan fingerprint density at radius 2 is 1.61 bits per heavy atom. The average Bonchev–Trinajstić information content (AvgIpc) is 2.97. The van der Waals surface area contributed by atoms with Crippen molar-refractivity contribution >= 4 is 22.9 Å². The molecule has 0 amide bonds. The summed E-state index contributed by atoms with van der Waals surface area (Å²) in [5, 5.41) is 81.1. The van der Waals surface area contributed by atoms with Crippen LogP contribution in [0.25, 0.3) is 22.3 Å². The Morgan fingerprint density at radius 1 is 0.913 bits per heavy atom. The van der Waals surface area contributed by atoms with E-state index in [1.165, 1.54) is 25.3 Å². The lowest BCUT2D eigenvalue weighted by molar-refractivity contribution is -0.278. The lowest BCUT2D eigenvalue weighted by Gasteiger charge is -2.40. The first-order valence-electron chi connectivity index (χ1n) is 13.5. The molecule has 0 aliphatic carbocycles. The predicted octanol–water partition coefficient (Wildman–Crippen LogP) is -0.0606. The van der Waals surface area contributed by atoms with Gasteiger partial charge in [-0.25, -0.2) is 0 Å². The van der Waals surface area contributed by atoms with Crippen molar-refractivity contribution in [2.45, 2.75) is 56.1 Å². The van der Waals surface area contributed by atoms with Crippen LogP contribution in [0, 0.1) is 0 Å². The molecule has 17 heteroatoms. The van der Waals surface area contributed by atoms with Gasteiger partial charge in [0, 0.05) is 11.6 Å². The number of phenols is 3. The molecular weight excluding hydrogens is 620 g/mol. The van der Waals surface area contributed by atoms with Crippen molar-refractivity contribution < 1.29 is 78.5 Å². The lowest BCUT2D eigenvalue weighted by Crippen LogP contribution is -2.60. The highest BCUT2D eigenvalue weighted by atomic mass is 16.7. The van der Waals surface area contributed by atoms with Crippen molar-refractivity contribution in [1.82, 2.24) is 0 Å². The van der Waals surface area contributed by atoms with Crippen LogP contribution in [0.5, 0.6) is 34.5 Å². The van der Waals surface area contributed by atoms with E-state index < -0.39 is 107 Å². The molecule has 3 aromatic rings. The molecule has 2 heterocycles. The van der Waals surface area contributed by atoms with Crippen LogP contribution in [0.4, 0.5) is 0 Å². The van der Waals surface area contributed by atoms with Gasteiger partial charge in [-0.3, -0.25) is 14.4 Å². The Labute approximate surface area is 258 Å². The molecule has 250 valence electrons. The number of aliphatic hydroxyl groups excluding tert-OH is 3. The van der Waals surface area contributed by atoms with E-state index in [2.05, 4.69) is 0 Å². The number of ether oxygens (including phenoxy) is 5.